The molecule has 0 aromatic heterocycles. The van der Waals surface area contributed by atoms with E-state index in [0.717, 1.165) is 12.1 Å². The summed E-state index contributed by atoms with van der Waals surface area (Å²) in [7, 11) is 0. The lowest BCUT2D eigenvalue weighted by Crippen LogP contribution is -2.29. The Kier molecular flexibility index (Phi) is 4.78. The molecule has 0 bridgehead atoms. The Morgan fingerprint density at radius 2 is 2.00 bits per heavy atom. The second-order valence-corrected chi connectivity index (χ2v) is 4.55. The first-order chi connectivity index (χ1) is 8.79. The molecule has 0 saturated carbocycles. The standard InChI is InChI=1S/C13H15F3N2O/c1-8(2)12(7-19)18-11-4-3-10(13(14,15)16)5-9(11)6-17/h3-5,8,12,18-19H,7H2,1-2H3. The fourth-order valence-corrected chi connectivity index (χ4v) is 1.56. The van der Waals surface area contributed by atoms with E-state index in [4.69, 9.17) is 5.26 Å². The maximum atomic E-state index is 12.5. The molecule has 0 amide bonds. The summed E-state index contributed by atoms with van der Waals surface area (Å²) < 4.78 is 37.6. The number of alkyl halides is 3. The molecule has 0 aliphatic rings. The minimum atomic E-state index is -4.47. The van der Waals surface area contributed by atoms with Gasteiger partial charge < -0.3 is 10.4 Å². The average Bonchev–Trinajstić information content (AvgIpc) is 2.34. The van der Waals surface area contributed by atoms with E-state index in [-0.39, 0.29) is 24.1 Å². The van der Waals surface area contributed by atoms with Crippen molar-refractivity contribution in [2.75, 3.05) is 11.9 Å². The van der Waals surface area contributed by atoms with Gasteiger partial charge in [0.2, 0.25) is 0 Å². The number of hydrogen-bond donors (Lipinski definition) is 2. The molecule has 1 aromatic carbocycles. The number of anilines is 1. The minimum Gasteiger partial charge on any atom is -0.394 e. The SMILES string of the molecule is CC(C)C(CO)Nc1ccc(C(F)(F)F)cc1C#N. The van der Waals surface area contributed by atoms with Gasteiger partial charge >= 0.3 is 6.18 Å². The summed E-state index contributed by atoms with van der Waals surface area (Å²) in [6.45, 7) is 3.57. The fourth-order valence-electron chi connectivity index (χ4n) is 1.56. The van der Waals surface area contributed by atoms with Crippen LogP contribution in [0.3, 0.4) is 0 Å². The summed E-state index contributed by atoms with van der Waals surface area (Å²) in [6.07, 6.45) is -4.47. The normalized spacial score (nSPS) is 13.2. The molecule has 0 saturated heterocycles. The predicted octanol–water partition coefficient (Wildman–Crippen LogP) is 3.01. The van der Waals surface area contributed by atoms with E-state index >= 15 is 0 Å². The van der Waals surface area contributed by atoms with Gasteiger partial charge in [0, 0.05) is 0 Å². The molecule has 1 aromatic rings. The molecule has 1 atom stereocenters. The van der Waals surface area contributed by atoms with E-state index in [9.17, 15) is 18.3 Å². The zero-order valence-electron chi connectivity index (χ0n) is 10.6. The van der Waals surface area contributed by atoms with Gasteiger partial charge in [0.15, 0.2) is 0 Å². The Balaban J connectivity index is 3.07. The molecular weight excluding hydrogens is 257 g/mol. The molecule has 1 rings (SSSR count). The quantitative estimate of drug-likeness (QED) is 0.885. The van der Waals surface area contributed by atoms with Crippen LogP contribution in [0.4, 0.5) is 18.9 Å². The van der Waals surface area contributed by atoms with E-state index in [2.05, 4.69) is 5.32 Å². The number of nitrogens with one attached hydrogen (secondary N) is 1. The Morgan fingerprint density at radius 1 is 1.37 bits per heavy atom. The molecule has 6 heteroatoms. The molecule has 1 unspecified atom stereocenters. The fraction of sp³-hybridized carbons (Fsp3) is 0.462. The Labute approximate surface area is 109 Å². The third-order valence-corrected chi connectivity index (χ3v) is 2.81. The highest BCUT2D eigenvalue weighted by Crippen LogP contribution is 2.32. The maximum Gasteiger partial charge on any atom is 0.416 e. The minimum absolute atomic E-state index is 0.0823. The first-order valence-electron chi connectivity index (χ1n) is 5.78. The Hall–Kier alpha value is -1.74. The van der Waals surface area contributed by atoms with Crippen molar-refractivity contribution in [1.82, 2.24) is 0 Å². The van der Waals surface area contributed by atoms with Crippen molar-refractivity contribution in [2.24, 2.45) is 5.92 Å². The second-order valence-electron chi connectivity index (χ2n) is 4.55. The number of nitrogens with zero attached hydrogens (tertiary/aromatic N) is 1. The second kappa shape index (κ2) is 5.93. The molecule has 0 spiro atoms. The number of rotatable bonds is 4. The number of benzene rings is 1. The third-order valence-electron chi connectivity index (χ3n) is 2.81. The lowest BCUT2D eigenvalue weighted by atomic mass is 10.0. The van der Waals surface area contributed by atoms with Gasteiger partial charge in [-0.2, -0.15) is 18.4 Å². The molecule has 2 N–H and O–H groups in total. The summed E-state index contributed by atoms with van der Waals surface area (Å²) >= 11 is 0. The van der Waals surface area contributed by atoms with Gasteiger partial charge in [0.05, 0.1) is 29.5 Å². The van der Waals surface area contributed by atoms with Gasteiger partial charge in [-0.3, -0.25) is 0 Å². The number of halogens is 3. The molecule has 104 valence electrons. The van der Waals surface area contributed by atoms with Crippen LogP contribution in [-0.2, 0) is 6.18 Å². The zero-order valence-corrected chi connectivity index (χ0v) is 10.6. The van der Waals surface area contributed by atoms with E-state index < -0.39 is 11.7 Å². The molecule has 0 heterocycles. The van der Waals surface area contributed by atoms with Gasteiger partial charge in [-0.05, 0) is 24.1 Å². The average molecular weight is 272 g/mol. The molecular formula is C13H15F3N2O. The van der Waals surface area contributed by atoms with Crippen molar-refractivity contribution in [3.05, 3.63) is 29.3 Å². The largest absolute Gasteiger partial charge is 0.416 e. The molecule has 19 heavy (non-hydrogen) atoms. The van der Waals surface area contributed by atoms with Crippen LogP contribution in [0.5, 0.6) is 0 Å². The maximum absolute atomic E-state index is 12.5. The van der Waals surface area contributed by atoms with Crippen LogP contribution in [0.25, 0.3) is 0 Å². The summed E-state index contributed by atoms with van der Waals surface area (Å²) in [6, 6.07) is 4.35. The number of aliphatic hydroxyl groups excluding tert-OH is 1. The van der Waals surface area contributed by atoms with Crippen molar-refractivity contribution in [2.45, 2.75) is 26.1 Å². The van der Waals surface area contributed by atoms with Gasteiger partial charge in [0.1, 0.15) is 6.07 Å². The van der Waals surface area contributed by atoms with Crippen LogP contribution in [0.2, 0.25) is 0 Å². The van der Waals surface area contributed by atoms with Gasteiger partial charge in [-0.25, -0.2) is 0 Å². The first kappa shape index (κ1) is 15.3. The van der Waals surface area contributed by atoms with E-state index in [1.54, 1.807) is 6.07 Å². The van der Waals surface area contributed by atoms with Gasteiger partial charge in [-0.15, -0.1) is 0 Å². The summed E-state index contributed by atoms with van der Waals surface area (Å²) in [5.74, 6) is 0.0823. The molecule has 0 aliphatic heterocycles. The summed E-state index contributed by atoms with van der Waals surface area (Å²) in [5, 5.41) is 21.0. The Bertz CT molecular complexity index is 478. The van der Waals surface area contributed by atoms with E-state index in [0.29, 0.717) is 5.69 Å². The van der Waals surface area contributed by atoms with Crippen LogP contribution in [0.1, 0.15) is 25.0 Å². The summed E-state index contributed by atoms with van der Waals surface area (Å²) in [4.78, 5) is 0. The number of aliphatic hydroxyl groups is 1. The summed E-state index contributed by atoms with van der Waals surface area (Å²) in [5.41, 5.74) is -0.656. The van der Waals surface area contributed by atoms with Crippen molar-refractivity contribution in [1.29, 1.82) is 5.26 Å². The molecule has 0 radical (unpaired) electrons. The van der Waals surface area contributed by atoms with Crippen LogP contribution in [-0.4, -0.2) is 17.8 Å². The predicted molar refractivity (Wildman–Crippen MR) is 65.5 cm³/mol. The van der Waals surface area contributed by atoms with E-state index in [1.807, 2.05) is 13.8 Å². The first-order valence-corrected chi connectivity index (χ1v) is 5.78. The number of nitriles is 1. The van der Waals surface area contributed by atoms with Crippen LogP contribution in [0.15, 0.2) is 18.2 Å². The lowest BCUT2D eigenvalue weighted by Gasteiger charge is -2.22. The smallest absolute Gasteiger partial charge is 0.394 e. The van der Waals surface area contributed by atoms with Crippen molar-refractivity contribution < 1.29 is 18.3 Å². The van der Waals surface area contributed by atoms with Crippen molar-refractivity contribution in [3.63, 3.8) is 0 Å². The monoisotopic (exact) mass is 272 g/mol. The number of hydrogen-bond acceptors (Lipinski definition) is 3. The molecule has 0 fully saturated rings. The highest BCUT2D eigenvalue weighted by Gasteiger charge is 2.31. The van der Waals surface area contributed by atoms with Crippen molar-refractivity contribution in [3.8, 4) is 6.07 Å². The third kappa shape index (κ3) is 3.86. The lowest BCUT2D eigenvalue weighted by molar-refractivity contribution is -0.137. The van der Waals surface area contributed by atoms with Crippen molar-refractivity contribution >= 4 is 5.69 Å². The van der Waals surface area contributed by atoms with Crippen LogP contribution < -0.4 is 5.32 Å². The van der Waals surface area contributed by atoms with Crippen LogP contribution >= 0.6 is 0 Å². The molecule has 0 aliphatic carbocycles. The Morgan fingerprint density at radius 3 is 2.42 bits per heavy atom. The van der Waals surface area contributed by atoms with Gasteiger partial charge in [-0.1, -0.05) is 13.8 Å². The zero-order chi connectivity index (χ0) is 14.6. The topological polar surface area (TPSA) is 56.0 Å². The highest BCUT2D eigenvalue weighted by atomic mass is 19.4. The van der Waals surface area contributed by atoms with E-state index in [1.165, 1.54) is 6.07 Å². The highest BCUT2D eigenvalue weighted by molar-refractivity contribution is 5.59. The van der Waals surface area contributed by atoms with Gasteiger partial charge in [0.25, 0.3) is 0 Å². The van der Waals surface area contributed by atoms with Crippen LogP contribution in [0, 0.1) is 17.2 Å². The molecule has 3 nitrogen and oxygen atoms in total.